The van der Waals surface area contributed by atoms with Crippen molar-refractivity contribution in [3.63, 3.8) is 0 Å². The molecule has 0 bridgehead atoms. The van der Waals surface area contributed by atoms with Gasteiger partial charge in [0.2, 0.25) is 0 Å². The van der Waals surface area contributed by atoms with Crippen LogP contribution in [-0.2, 0) is 0 Å². The van der Waals surface area contributed by atoms with Crippen molar-refractivity contribution >= 4 is 0 Å². The number of hydrogen-bond acceptors (Lipinski definition) is 3. The molecular weight excluding hydrogens is 178 g/mol. The van der Waals surface area contributed by atoms with Crippen molar-refractivity contribution in [3.8, 4) is 11.5 Å². The number of benzene rings is 1. The fraction of sp³-hybridized carbons (Fsp3) is 0.455. The molecule has 0 saturated heterocycles. The van der Waals surface area contributed by atoms with Crippen LogP contribution in [0.5, 0.6) is 11.5 Å². The van der Waals surface area contributed by atoms with E-state index in [4.69, 9.17) is 9.47 Å². The molecule has 0 fully saturated rings. The van der Waals surface area contributed by atoms with Gasteiger partial charge in [0.1, 0.15) is 11.5 Å². The van der Waals surface area contributed by atoms with Crippen LogP contribution in [0.25, 0.3) is 0 Å². The van der Waals surface area contributed by atoms with E-state index in [1.165, 1.54) is 0 Å². The third-order valence-corrected chi connectivity index (χ3v) is 2.34. The number of rotatable bonds is 4. The highest BCUT2D eigenvalue weighted by molar-refractivity contribution is 5.42. The van der Waals surface area contributed by atoms with E-state index < -0.39 is 0 Å². The predicted octanol–water partition coefficient (Wildman–Crippen LogP) is 1.98. The summed E-state index contributed by atoms with van der Waals surface area (Å²) in [5.74, 6) is 1.67. The molecule has 0 spiro atoms. The lowest BCUT2D eigenvalue weighted by atomic mass is 10.1. The summed E-state index contributed by atoms with van der Waals surface area (Å²) in [4.78, 5) is 0. The zero-order valence-corrected chi connectivity index (χ0v) is 9.13. The largest absolute Gasteiger partial charge is 0.497 e. The van der Waals surface area contributed by atoms with Gasteiger partial charge in [-0.2, -0.15) is 0 Å². The SMILES string of the molecule is CN[C@@H](C)c1ccc(OC)cc1OC. The topological polar surface area (TPSA) is 30.5 Å². The Kier molecular flexibility index (Phi) is 3.77. The van der Waals surface area contributed by atoms with Crippen LogP contribution in [0, 0.1) is 0 Å². The van der Waals surface area contributed by atoms with Gasteiger partial charge in [0.15, 0.2) is 0 Å². The third kappa shape index (κ3) is 2.17. The third-order valence-electron chi connectivity index (χ3n) is 2.34. The molecule has 3 nitrogen and oxygen atoms in total. The lowest BCUT2D eigenvalue weighted by Crippen LogP contribution is -2.13. The molecule has 0 unspecified atom stereocenters. The molecule has 0 aliphatic carbocycles. The summed E-state index contributed by atoms with van der Waals surface area (Å²) >= 11 is 0. The molecule has 1 N–H and O–H groups in total. The Morgan fingerprint density at radius 2 is 1.93 bits per heavy atom. The first-order valence-corrected chi connectivity index (χ1v) is 4.62. The van der Waals surface area contributed by atoms with Crippen molar-refractivity contribution in [2.45, 2.75) is 13.0 Å². The first kappa shape index (κ1) is 10.9. The van der Waals surface area contributed by atoms with Gasteiger partial charge in [0.05, 0.1) is 14.2 Å². The van der Waals surface area contributed by atoms with E-state index in [1.54, 1.807) is 14.2 Å². The van der Waals surface area contributed by atoms with Crippen LogP contribution in [-0.4, -0.2) is 21.3 Å². The molecule has 1 rings (SSSR count). The fourth-order valence-corrected chi connectivity index (χ4v) is 1.33. The van der Waals surface area contributed by atoms with Crippen LogP contribution in [0.3, 0.4) is 0 Å². The average molecular weight is 195 g/mol. The van der Waals surface area contributed by atoms with Crippen LogP contribution in [0.4, 0.5) is 0 Å². The summed E-state index contributed by atoms with van der Waals surface area (Å²) < 4.78 is 10.4. The Bertz CT molecular complexity index is 299. The van der Waals surface area contributed by atoms with Gasteiger partial charge in [-0.1, -0.05) is 6.07 Å². The lowest BCUT2D eigenvalue weighted by Gasteiger charge is -2.15. The Morgan fingerprint density at radius 1 is 1.21 bits per heavy atom. The van der Waals surface area contributed by atoms with Crippen molar-refractivity contribution in [1.82, 2.24) is 5.32 Å². The summed E-state index contributed by atoms with van der Waals surface area (Å²) in [5.41, 5.74) is 1.14. The first-order valence-electron chi connectivity index (χ1n) is 4.62. The minimum Gasteiger partial charge on any atom is -0.497 e. The molecule has 0 aromatic heterocycles. The Hall–Kier alpha value is -1.22. The summed E-state index contributed by atoms with van der Waals surface area (Å²) in [6.45, 7) is 2.09. The van der Waals surface area contributed by atoms with Crippen molar-refractivity contribution < 1.29 is 9.47 Å². The monoisotopic (exact) mass is 195 g/mol. The number of hydrogen-bond donors (Lipinski definition) is 1. The molecule has 1 aromatic rings. The van der Waals surface area contributed by atoms with Gasteiger partial charge in [-0.15, -0.1) is 0 Å². The lowest BCUT2D eigenvalue weighted by molar-refractivity contribution is 0.387. The van der Waals surface area contributed by atoms with E-state index >= 15 is 0 Å². The van der Waals surface area contributed by atoms with E-state index in [9.17, 15) is 0 Å². The van der Waals surface area contributed by atoms with E-state index in [-0.39, 0.29) is 6.04 Å². The fourth-order valence-electron chi connectivity index (χ4n) is 1.33. The van der Waals surface area contributed by atoms with Crippen molar-refractivity contribution in [2.75, 3.05) is 21.3 Å². The van der Waals surface area contributed by atoms with Gasteiger partial charge >= 0.3 is 0 Å². The molecule has 3 heteroatoms. The maximum absolute atomic E-state index is 5.29. The van der Waals surface area contributed by atoms with Crippen LogP contribution in [0.15, 0.2) is 18.2 Å². The Morgan fingerprint density at radius 3 is 2.43 bits per heavy atom. The van der Waals surface area contributed by atoms with E-state index in [2.05, 4.69) is 12.2 Å². The Balaban J connectivity index is 3.04. The molecule has 78 valence electrons. The molecule has 1 atom stereocenters. The normalized spacial score (nSPS) is 12.3. The molecule has 0 aliphatic rings. The number of methoxy groups -OCH3 is 2. The summed E-state index contributed by atoms with van der Waals surface area (Å²) in [7, 11) is 5.24. The average Bonchev–Trinajstić information content (AvgIpc) is 2.27. The van der Waals surface area contributed by atoms with Gasteiger partial charge in [0, 0.05) is 17.7 Å². The van der Waals surface area contributed by atoms with Gasteiger partial charge in [-0.25, -0.2) is 0 Å². The molecule has 0 saturated carbocycles. The van der Waals surface area contributed by atoms with E-state index in [0.29, 0.717) is 0 Å². The van der Waals surface area contributed by atoms with Gasteiger partial charge < -0.3 is 14.8 Å². The smallest absolute Gasteiger partial charge is 0.127 e. The van der Waals surface area contributed by atoms with Crippen molar-refractivity contribution in [2.24, 2.45) is 0 Å². The predicted molar refractivity (Wildman–Crippen MR) is 57.0 cm³/mol. The summed E-state index contributed by atoms with van der Waals surface area (Å²) in [6.07, 6.45) is 0. The Labute approximate surface area is 85.0 Å². The van der Waals surface area contributed by atoms with Crippen LogP contribution >= 0.6 is 0 Å². The van der Waals surface area contributed by atoms with E-state index in [0.717, 1.165) is 17.1 Å². The standard InChI is InChI=1S/C11H17NO2/c1-8(12-2)10-6-5-9(13-3)7-11(10)14-4/h5-8,12H,1-4H3/t8-/m0/s1. The maximum atomic E-state index is 5.29. The van der Waals surface area contributed by atoms with Crippen molar-refractivity contribution in [3.05, 3.63) is 23.8 Å². The van der Waals surface area contributed by atoms with Gasteiger partial charge in [-0.3, -0.25) is 0 Å². The molecule has 0 aliphatic heterocycles. The number of nitrogens with one attached hydrogen (secondary N) is 1. The zero-order valence-electron chi connectivity index (χ0n) is 9.13. The highest BCUT2D eigenvalue weighted by Gasteiger charge is 2.09. The summed E-state index contributed by atoms with van der Waals surface area (Å²) in [6, 6.07) is 6.11. The quantitative estimate of drug-likeness (QED) is 0.797. The molecular formula is C11H17NO2. The first-order chi connectivity index (χ1) is 6.72. The minimum absolute atomic E-state index is 0.274. The van der Waals surface area contributed by atoms with Crippen LogP contribution < -0.4 is 14.8 Å². The number of ether oxygens (including phenoxy) is 2. The van der Waals surface area contributed by atoms with Crippen LogP contribution in [0.2, 0.25) is 0 Å². The molecule has 14 heavy (non-hydrogen) atoms. The molecule has 1 aromatic carbocycles. The van der Waals surface area contributed by atoms with Gasteiger partial charge in [-0.05, 0) is 20.0 Å². The maximum Gasteiger partial charge on any atom is 0.127 e. The van der Waals surface area contributed by atoms with Crippen LogP contribution in [0.1, 0.15) is 18.5 Å². The van der Waals surface area contributed by atoms with Gasteiger partial charge in [0.25, 0.3) is 0 Å². The second-order valence-corrected chi connectivity index (χ2v) is 3.12. The van der Waals surface area contributed by atoms with Crippen molar-refractivity contribution in [1.29, 1.82) is 0 Å². The zero-order chi connectivity index (χ0) is 10.6. The highest BCUT2D eigenvalue weighted by atomic mass is 16.5. The second kappa shape index (κ2) is 4.86. The highest BCUT2D eigenvalue weighted by Crippen LogP contribution is 2.28. The summed E-state index contributed by atoms with van der Waals surface area (Å²) in [5, 5.41) is 3.17. The van der Waals surface area contributed by atoms with E-state index in [1.807, 2.05) is 25.2 Å². The molecule has 0 radical (unpaired) electrons. The minimum atomic E-state index is 0.274. The second-order valence-electron chi connectivity index (χ2n) is 3.12. The molecule has 0 amide bonds. The molecule has 0 heterocycles.